The summed E-state index contributed by atoms with van der Waals surface area (Å²) in [5, 5.41) is 14.6. The van der Waals surface area contributed by atoms with Crippen LogP contribution < -0.4 is 0 Å². The molecule has 0 aliphatic carbocycles. The average Bonchev–Trinajstić information content (AvgIpc) is 3.04. The molecular formula is C15H11N3O3S. The average molecular weight is 313 g/mol. The maximum Gasteiger partial charge on any atom is 0.269 e. The zero-order valence-corrected chi connectivity index (χ0v) is 12.4. The Labute approximate surface area is 130 Å². The van der Waals surface area contributed by atoms with Crippen molar-refractivity contribution in [2.24, 2.45) is 0 Å². The van der Waals surface area contributed by atoms with Gasteiger partial charge in [-0.3, -0.25) is 10.1 Å². The molecule has 0 saturated heterocycles. The Morgan fingerprint density at radius 2 is 1.86 bits per heavy atom. The minimum absolute atomic E-state index is 0.0280. The first-order valence-electron chi connectivity index (χ1n) is 6.41. The van der Waals surface area contributed by atoms with Gasteiger partial charge in [0.1, 0.15) is 0 Å². The van der Waals surface area contributed by atoms with Gasteiger partial charge in [-0.1, -0.05) is 17.3 Å². The van der Waals surface area contributed by atoms with Crippen LogP contribution in [0, 0.1) is 10.1 Å². The predicted molar refractivity (Wildman–Crippen MR) is 83.6 cm³/mol. The number of thioether (sulfide) groups is 1. The molecule has 0 atom stereocenters. The maximum absolute atomic E-state index is 10.7. The molecule has 22 heavy (non-hydrogen) atoms. The number of nitrogens with zero attached hydrogens (tertiary/aromatic N) is 3. The van der Waals surface area contributed by atoms with Gasteiger partial charge in [-0.05, 0) is 30.5 Å². The fourth-order valence-electron chi connectivity index (χ4n) is 2.00. The van der Waals surface area contributed by atoms with Gasteiger partial charge < -0.3 is 4.52 Å². The molecule has 0 saturated carbocycles. The van der Waals surface area contributed by atoms with E-state index in [2.05, 4.69) is 10.1 Å². The lowest BCUT2D eigenvalue weighted by Gasteiger charge is -2.00. The molecule has 0 amide bonds. The lowest BCUT2D eigenvalue weighted by Crippen LogP contribution is -1.88. The first kappa shape index (κ1) is 14.3. The summed E-state index contributed by atoms with van der Waals surface area (Å²) in [5.41, 5.74) is 1.57. The van der Waals surface area contributed by atoms with Crippen molar-refractivity contribution in [1.29, 1.82) is 0 Å². The van der Waals surface area contributed by atoms with Crippen molar-refractivity contribution >= 4 is 17.4 Å². The van der Waals surface area contributed by atoms with E-state index < -0.39 is 4.92 Å². The summed E-state index contributed by atoms with van der Waals surface area (Å²) in [5.74, 6) is 0.833. The standard InChI is InChI=1S/C15H11N3O3S/c1-22-13-5-3-2-4-12(13)15-16-14(17-21-15)10-6-8-11(9-7-10)18(19)20/h2-9H,1H3. The Bertz CT molecular complexity index is 815. The molecule has 1 aromatic heterocycles. The smallest absolute Gasteiger partial charge is 0.269 e. The summed E-state index contributed by atoms with van der Waals surface area (Å²) < 4.78 is 5.32. The van der Waals surface area contributed by atoms with Gasteiger partial charge in [-0.25, -0.2) is 0 Å². The third-order valence-electron chi connectivity index (χ3n) is 3.10. The van der Waals surface area contributed by atoms with Crippen molar-refractivity contribution in [2.45, 2.75) is 4.90 Å². The van der Waals surface area contributed by atoms with E-state index >= 15 is 0 Å². The highest BCUT2D eigenvalue weighted by Gasteiger charge is 2.14. The van der Waals surface area contributed by atoms with Crippen LogP contribution in [0.25, 0.3) is 22.8 Å². The molecule has 110 valence electrons. The molecule has 2 aromatic carbocycles. The van der Waals surface area contributed by atoms with E-state index in [1.165, 1.54) is 12.1 Å². The van der Waals surface area contributed by atoms with Crippen LogP contribution in [-0.2, 0) is 0 Å². The molecule has 0 fully saturated rings. The number of nitro groups is 1. The first-order valence-corrected chi connectivity index (χ1v) is 7.63. The van der Waals surface area contributed by atoms with E-state index in [4.69, 9.17) is 4.52 Å². The Balaban J connectivity index is 1.95. The van der Waals surface area contributed by atoms with Crippen molar-refractivity contribution < 1.29 is 9.45 Å². The van der Waals surface area contributed by atoms with Crippen molar-refractivity contribution in [2.75, 3.05) is 6.26 Å². The van der Waals surface area contributed by atoms with E-state index in [1.807, 2.05) is 30.5 Å². The molecule has 0 bridgehead atoms. The van der Waals surface area contributed by atoms with Gasteiger partial charge in [0.2, 0.25) is 5.82 Å². The zero-order chi connectivity index (χ0) is 15.5. The van der Waals surface area contributed by atoms with E-state index in [9.17, 15) is 10.1 Å². The van der Waals surface area contributed by atoms with E-state index in [-0.39, 0.29) is 5.69 Å². The van der Waals surface area contributed by atoms with Crippen molar-refractivity contribution in [3.8, 4) is 22.8 Å². The third-order valence-corrected chi connectivity index (χ3v) is 3.90. The van der Waals surface area contributed by atoms with Crippen LogP contribution in [0.15, 0.2) is 57.9 Å². The zero-order valence-electron chi connectivity index (χ0n) is 11.6. The van der Waals surface area contributed by atoms with Crippen LogP contribution in [-0.4, -0.2) is 21.3 Å². The van der Waals surface area contributed by atoms with Crippen LogP contribution in [0.1, 0.15) is 0 Å². The fraction of sp³-hybridized carbons (Fsp3) is 0.0667. The number of hydrogen-bond acceptors (Lipinski definition) is 6. The molecule has 0 N–H and O–H groups in total. The second kappa shape index (κ2) is 5.98. The number of rotatable bonds is 4. The lowest BCUT2D eigenvalue weighted by atomic mass is 10.2. The SMILES string of the molecule is CSc1ccccc1-c1nc(-c2ccc([N+](=O)[O-])cc2)no1. The normalized spacial score (nSPS) is 10.6. The van der Waals surface area contributed by atoms with Crippen molar-refractivity contribution in [3.63, 3.8) is 0 Å². The number of benzene rings is 2. The van der Waals surface area contributed by atoms with Gasteiger partial charge >= 0.3 is 0 Å². The van der Waals surface area contributed by atoms with Gasteiger partial charge in [0.25, 0.3) is 11.6 Å². The molecule has 1 heterocycles. The molecule has 0 aliphatic rings. The molecule has 0 aliphatic heterocycles. The van der Waals surface area contributed by atoms with Crippen LogP contribution >= 0.6 is 11.8 Å². The molecular weight excluding hydrogens is 302 g/mol. The van der Waals surface area contributed by atoms with Gasteiger partial charge in [0.05, 0.1) is 10.5 Å². The van der Waals surface area contributed by atoms with E-state index in [0.29, 0.717) is 17.3 Å². The fourth-order valence-corrected chi connectivity index (χ4v) is 2.59. The molecule has 0 radical (unpaired) electrons. The topological polar surface area (TPSA) is 82.1 Å². The Kier molecular flexibility index (Phi) is 3.88. The van der Waals surface area contributed by atoms with Crippen LogP contribution in [0.3, 0.4) is 0 Å². The van der Waals surface area contributed by atoms with Crippen LogP contribution in [0.5, 0.6) is 0 Å². The summed E-state index contributed by atoms with van der Waals surface area (Å²) in [6.07, 6.45) is 1.98. The first-order chi connectivity index (χ1) is 10.7. The Morgan fingerprint density at radius 1 is 1.14 bits per heavy atom. The van der Waals surface area contributed by atoms with Crippen molar-refractivity contribution in [3.05, 3.63) is 58.6 Å². The lowest BCUT2D eigenvalue weighted by molar-refractivity contribution is -0.384. The summed E-state index contributed by atoms with van der Waals surface area (Å²) >= 11 is 1.60. The molecule has 3 aromatic rings. The third kappa shape index (κ3) is 2.71. The minimum atomic E-state index is -0.444. The highest BCUT2D eigenvalue weighted by Crippen LogP contribution is 2.30. The highest BCUT2D eigenvalue weighted by atomic mass is 32.2. The van der Waals surface area contributed by atoms with Crippen LogP contribution in [0.2, 0.25) is 0 Å². The summed E-state index contributed by atoms with van der Waals surface area (Å²) in [6.45, 7) is 0. The monoisotopic (exact) mass is 313 g/mol. The molecule has 0 unspecified atom stereocenters. The molecule has 6 nitrogen and oxygen atoms in total. The van der Waals surface area contributed by atoms with Gasteiger partial charge in [0.15, 0.2) is 0 Å². The van der Waals surface area contributed by atoms with Gasteiger partial charge in [0, 0.05) is 22.6 Å². The predicted octanol–water partition coefficient (Wildman–Crippen LogP) is 4.03. The summed E-state index contributed by atoms with van der Waals surface area (Å²) in [6, 6.07) is 13.8. The van der Waals surface area contributed by atoms with E-state index in [0.717, 1.165) is 10.5 Å². The minimum Gasteiger partial charge on any atom is -0.334 e. The number of hydrogen-bond donors (Lipinski definition) is 0. The van der Waals surface area contributed by atoms with Crippen molar-refractivity contribution in [1.82, 2.24) is 10.1 Å². The summed E-state index contributed by atoms with van der Waals surface area (Å²) in [7, 11) is 0. The number of nitro benzene ring substituents is 1. The Hall–Kier alpha value is -2.67. The number of aromatic nitrogens is 2. The highest BCUT2D eigenvalue weighted by molar-refractivity contribution is 7.98. The molecule has 7 heteroatoms. The van der Waals surface area contributed by atoms with Gasteiger partial charge in [-0.2, -0.15) is 4.98 Å². The second-order valence-corrected chi connectivity index (χ2v) is 5.28. The van der Waals surface area contributed by atoms with Gasteiger partial charge in [-0.15, -0.1) is 11.8 Å². The molecule has 3 rings (SSSR count). The second-order valence-electron chi connectivity index (χ2n) is 4.43. The largest absolute Gasteiger partial charge is 0.334 e. The summed E-state index contributed by atoms with van der Waals surface area (Å²) in [4.78, 5) is 15.6. The quantitative estimate of drug-likeness (QED) is 0.411. The maximum atomic E-state index is 10.7. The Morgan fingerprint density at radius 3 is 2.55 bits per heavy atom. The molecule has 0 spiro atoms. The van der Waals surface area contributed by atoms with Crippen LogP contribution in [0.4, 0.5) is 5.69 Å². The van der Waals surface area contributed by atoms with E-state index in [1.54, 1.807) is 23.9 Å². The number of non-ortho nitro benzene ring substituents is 1.